The van der Waals surface area contributed by atoms with E-state index < -0.39 is 0 Å². The zero-order valence-electron chi connectivity index (χ0n) is 10.4. The highest BCUT2D eigenvalue weighted by Crippen LogP contribution is 2.30. The molecule has 1 unspecified atom stereocenters. The molecule has 0 N–H and O–H groups in total. The van der Waals surface area contributed by atoms with Crippen molar-refractivity contribution >= 4 is 0 Å². The summed E-state index contributed by atoms with van der Waals surface area (Å²) >= 11 is 0. The number of hydrogen-bond acceptors (Lipinski definition) is 1. The van der Waals surface area contributed by atoms with Gasteiger partial charge in [-0.3, -0.25) is 0 Å². The summed E-state index contributed by atoms with van der Waals surface area (Å²) in [6, 6.07) is 0. The van der Waals surface area contributed by atoms with E-state index in [0.29, 0.717) is 0 Å². The van der Waals surface area contributed by atoms with E-state index in [9.17, 15) is 0 Å². The fraction of sp³-hybridized carbons (Fsp3) is 0.786. The summed E-state index contributed by atoms with van der Waals surface area (Å²) in [5, 5.41) is 0. The van der Waals surface area contributed by atoms with Crippen LogP contribution in [0.4, 0.5) is 0 Å². The number of hydrogen-bond donors (Lipinski definition) is 0. The van der Waals surface area contributed by atoms with Gasteiger partial charge in [0.2, 0.25) is 0 Å². The second kappa shape index (κ2) is 6.07. The first-order valence-electron chi connectivity index (χ1n) is 6.84. The van der Waals surface area contributed by atoms with Crippen molar-refractivity contribution in [1.29, 1.82) is 0 Å². The minimum absolute atomic E-state index is 0.845. The summed E-state index contributed by atoms with van der Waals surface area (Å²) in [5.74, 6) is 1.85. The molecule has 1 atom stereocenters. The van der Waals surface area contributed by atoms with Crippen LogP contribution >= 0.6 is 0 Å². The third-order valence-corrected chi connectivity index (χ3v) is 4.00. The number of imidazole rings is 1. The van der Waals surface area contributed by atoms with Gasteiger partial charge in [-0.05, 0) is 18.3 Å². The van der Waals surface area contributed by atoms with Gasteiger partial charge in [-0.25, -0.2) is 4.98 Å². The first-order valence-corrected chi connectivity index (χ1v) is 6.84. The molecule has 0 radical (unpaired) electrons. The lowest BCUT2D eigenvalue weighted by Crippen LogP contribution is -2.16. The van der Waals surface area contributed by atoms with Crippen molar-refractivity contribution in [2.75, 3.05) is 0 Å². The average Bonchev–Trinajstić information content (AvgIpc) is 2.82. The monoisotopic (exact) mass is 220 g/mol. The van der Waals surface area contributed by atoms with E-state index in [1.807, 2.05) is 12.5 Å². The molecule has 2 nitrogen and oxygen atoms in total. The van der Waals surface area contributed by atoms with Crippen molar-refractivity contribution in [2.45, 2.75) is 58.4 Å². The Labute approximate surface area is 99.1 Å². The summed E-state index contributed by atoms with van der Waals surface area (Å²) in [7, 11) is 0. The van der Waals surface area contributed by atoms with Gasteiger partial charge in [-0.2, -0.15) is 0 Å². The van der Waals surface area contributed by atoms with Crippen molar-refractivity contribution in [3.05, 3.63) is 18.7 Å². The summed E-state index contributed by atoms with van der Waals surface area (Å²) in [5.41, 5.74) is 0. The van der Waals surface area contributed by atoms with Gasteiger partial charge in [-0.1, -0.05) is 45.4 Å². The maximum Gasteiger partial charge on any atom is 0.0945 e. The standard InChI is InChI=1S/C14H24N2/c1-2-13(11-16-9-8-15-12-16)10-14-6-4-3-5-7-14/h8-9,12-14H,2-7,10-11H2,1H3. The van der Waals surface area contributed by atoms with Gasteiger partial charge in [0, 0.05) is 18.9 Å². The summed E-state index contributed by atoms with van der Waals surface area (Å²) in [6.07, 6.45) is 16.0. The van der Waals surface area contributed by atoms with Crippen molar-refractivity contribution in [3.63, 3.8) is 0 Å². The predicted molar refractivity (Wildman–Crippen MR) is 67.2 cm³/mol. The molecule has 1 fully saturated rings. The molecule has 1 heterocycles. The molecule has 1 aliphatic rings. The molecular formula is C14H24N2. The number of nitrogens with zero attached hydrogens (tertiary/aromatic N) is 2. The Hall–Kier alpha value is -0.790. The molecule has 0 aromatic carbocycles. The number of rotatable bonds is 5. The Morgan fingerprint density at radius 3 is 2.75 bits per heavy atom. The van der Waals surface area contributed by atoms with Crippen molar-refractivity contribution in [1.82, 2.24) is 9.55 Å². The third kappa shape index (κ3) is 3.36. The second-order valence-corrected chi connectivity index (χ2v) is 5.27. The van der Waals surface area contributed by atoms with Gasteiger partial charge in [0.15, 0.2) is 0 Å². The summed E-state index contributed by atoms with van der Waals surface area (Å²) in [4.78, 5) is 4.12. The largest absolute Gasteiger partial charge is 0.337 e. The molecule has 0 aliphatic heterocycles. The van der Waals surface area contributed by atoms with Crippen LogP contribution in [0.3, 0.4) is 0 Å². The van der Waals surface area contributed by atoms with Crippen LogP contribution in [0, 0.1) is 11.8 Å². The molecule has 2 heteroatoms. The highest BCUT2D eigenvalue weighted by molar-refractivity contribution is 4.77. The quantitative estimate of drug-likeness (QED) is 0.736. The van der Waals surface area contributed by atoms with E-state index >= 15 is 0 Å². The normalized spacial score (nSPS) is 19.8. The van der Waals surface area contributed by atoms with Gasteiger partial charge in [-0.15, -0.1) is 0 Å². The SMILES string of the molecule is CCC(CC1CCCCC1)Cn1ccnc1. The predicted octanol–water partition coefficient (Wildman–Crippen LogP) is 3.88. The van der Waals surface area contributed by atoms with Crippen molar-refractivity contribution in [3.8, 4) is 0 Å². The van der Waals surface area contributed by atoms with Gasteiger partial charge >= 0.3 is 0 Å². The summed E-state index contributed by atoms with van der Waals surface area (Å²) < 4.78 is 2.23. The molecule has 1 aromatic heterocycles. The highest BCUT2D eigenvalue weighted by Gasteiger charge is 2.18. The minimum atomic E-state index is 0.845. The van der Waals surface area contributed by atoms with Crippen molar-refractivity contribution in [2.24, 2.45) is 11.8 Å². The molecule has 0 amide bonds. The number of aromatic nitrogens is 2. The lowest BCUT2D eigenvalue weighted by molar-refractivity contribution is 0.265. The minimum Gasteiger partial charge on any atom is -0.337 e. The van der Waals surface area contributed by atoms with E-state index in [0.717, 1.165) is 18.4 Å². The molecule has 16 heavy (non-hydrogen) atoms. The molecule has 0 bridgehead atoms. The first-order chi connectivity index (χ1) is 7.88. The van der Waals surface area contributed by atoms with E-state index in [1.54, 1.807) is 0 Å². The third-order valence-electron chi connectivity index (χ3n) is 4.00. The van der Waals surface area contributed by atoms with Gasteiger partial charge in [0.1, 0.15) is 0 Å². The lowest BCUT2D eigenvalue weighted by atomic mass is 9.82. The first kappa shape index (κ1) is 11.7. The van der Waals surface area contributed by atoms with Crippen LogP contribution in [0.2, 0.25) is 0 Å². The van der Waals surface area contributed by atoms with E-state index in [1.165, 1.54) is 44.9 Å². The van der Waals surface area contributed by atoms with Crippen LogP contribution in [-0.4, -0.2) is 9.55 Å². The zero-order chi connectivity index (χ0) is 11.2. The van der Waals surface area contributed by atoms with E-state index in [4.69, 9.17) is 0 Å². The molecule has 0 spiro atoms. The second-order valence-electron chi connectivity index (χ2n) is 5.27. The Bertz CT molecular complexity index is 273. The van der Waals surface area contributed by atoms with Crippen LogP contribution in [0.15, 0.2) is 18.7 Å². The van der Waals surface area contributed by atoms with Gasteiger partial charge < -0.3 is 4.57 Å². The van der Waals surface area contributed by atoms with Crippen LogP contribution in [-0.2, 0) is 6.54 Å². The fourth-order valence-corrected chi connectivity index (χ4v) is 2.96. The Kier molecular flexibility index (Phi) is 4.44. The average molecular weight is 220 g/mol. The van der Waals surface area contributed by atoms with E-state index in [2.05, 4.69) is 22.7 Å². The molecule has 1 saturated carbocycles. The summed E-state index contributed by atoms with van der Waals surface area (Å²) in [6.45, 7) is 3.48. The van der Waals surface area contributed by atoms with Gasteiger partial charge in [0.05, 0.1) is 6.33 Å². The van der Waals surface area contributed by atoms with Crippen molar-refractivity contribution < 1.29 is 0 Å². The smallest absolute Gasteiger partial charge is 0.0945 e. The fourth-order valence-electron chi connectivity index (χ4n) is 2.96. The molecule has 90 valence electrons. The Morgan fingerprint density at radius 2 is 2.12 bits per heavy atom. The molecule has 1 aliphatic carbocycles. The molecule has 1 aromatic rings. The van der Waals surface area contributed by atoms with Gasteiger partial charge in [0.25, 0.3) is 0 Å². The van der Waals surface area contributed by atoms with Crippen LogP contribution in [0.25, 0.3) is 0 Å². The van der Waals surface area contributed by atoms with E-state index in [-0.39, 0.29) is 0 Å². The highest BCUT2D eigenvalue weighted by atomic mass is 15.0. The Morgan fingerprint density at radius 1 is 1.31 bits per heavy atom. The molecule has 2 rings (SSSR count). The van der Waals surface area contributed by atoms with Crippen LogP contribution < -0.4 is 0 Å². The van der Waals surface area contributed by atoms with Crippen LogP contribution in [0.5, 0.6) is 0 Å². The molecular weight excluding hydrogens is 196 g/mol. The lowest BCUT2D eigenvalue weighted by Gasteiger charge is -2.26. The zero-order valence-corrected chi connectivity index (χ0v) is 10.4. The topological polar surface area (TPSA) is 17.8 Å². The molecule has 0 saturated heterocycles. The van der Waals surface area contributed by atoms with Crippen LogP contribution in [0.1, 0.15) is 51.9 Å². The maximum absolute atomic E-state index is 4.12. The maximum atomic E-state index is 4.12. The Balaban J connectivity index is 1.80.